The highest BCUT2D eigenvalue weighted by atomic mass is 16.5. The maximum Gasteiger partial charge on any atom is 0.273 e. The second kappa shape index (κ2) is 7.53. The lowest BCUT2D eigenvalue weighted by Crippen LogP contribution is -2.39. The number of hydrogen-bond acceptors (Lipinski definition) is 6. The molecule has 0 aliphatic heterocycles. The molecule has 27 heavy (non-hydrogen) atoms. The summed E-state index contributed by atoms with van der Waals surface area (Å²) in [6.45, 7) is 0. The smallest absolute Gasteiger partial charge is 0.273 e. The lowest BCUT2D eigenvalue weighted by atomic mass is 9.91. The second-order valence-electron chi connectivity index (χ2n) is 6.60. The molecule has 1 aliphatic carbocycles. The Morgan fingerprint density at radius 1 is 1.15 bits per heavy atom. The maximum absolute atomic E-state index is 12.4. The van der Waals surface area contributed by atoms with Crippen molar-refractivity contribution in [2.24, 2.45) is 0 Å². The lowest BCUT2D eigenvalue weighted by molar-refractivity contribution is 0.0912. The highest BCUT2D eigenvalue weighted by Crippen LogP contribution is 2.27. The van der Waals surface area contributed by atoms with Gasteiger partial charge in [0.25, 0.3) is 11.5 Å². The molecule has 0 atom stereocenters. The van der Waals surface area contributed by atoms with Crippen LogP contribution in [0.1, 0.15) is 42.2 Å². The van der Waals surface area contributed by atoms with Crippen LogP contribution in [0.5, 0.6) is 0 Å². The molecule has 8 nitrogen and oxygen atoms in total. The molecule has 0 spiro atoms. The summed E-state index contributed by atoms with van der Waals surface area (Å²) in [5.74, 6) is 0.249. The minimum atomic E-state index is -0.257. The van der Waals surface area contributed by atoms with Gasteiger partial charge in [-0.2, -0.15) is 5.10 Å². The van der Waals surface area contributed by atoms with E-state index in [0.717, 1.165) is 31.2 Å². The molecule has 1 aliphatic rings. The van der Waals surface area contributed by atoms with Gasteiger partial charge in [0.05, 0.1) is 6.04 Å². The monoisotopic (exact) mass is 365 g/mol. The van der Waals surface area contributed by atoms with Gasteiger partial charge in [0.15, 0.2) is 11.5 Å². The van der Waals surface area contributed by atoms with Crippen LogP contribution >= 0.6 is 0 Å². The van der Waals surface area contributed by atoms with Crippen LogP contribution in [0.2, 0.25) is 0 Å². The van der Waals surface area contributed by atoms with Crippen LogP contribution in [0.3, 0.4) is 0 Å². The molecular formula is C19H19N5O3. The van der Waals surface area contributed by atoms with E-state index in [1.807, 2.05) is 6.07 Å². The van der Waals surface area contributed by atoms with Gasteiger partial charge < -0.3 is 9.84 Å². The van der Waals surface area contributed by atoms with Gasteiger partial charge in [0, 0.05) is 42.3 Å². The molecule has 1 amide bonds. The van der Waals surface area contributed by atoms with Crippen molar-refractivity contribution in [2.45, 2.75) is 37.8 Å². The quantitative estimate of drug-likeness (QED) is 0.760. The van der Waals surface area contributed by atoms with Gasteiger partial charge in [0.1, 0.15) is 0 Å². The van der Waals surface area contributed by atoms with Gasteiger partial charge in [-0.1, -0.05) is 5.16 Å². The summed E-state index contributed by atoms with van der Waals surface area (Å²) in [6, 6.07) is 8.54. The number of nitrogens with one attached hydrogen (secondary N) is 1. The maximum atomic E-state index is 12.4. The van der Waals surface area contributed by atoms with Gasteiger partial charge in [-0.25, -0.2) is 4.68 Å². The molecule has 0 radical (unpaired) electrons. The van der Waals surface area contributed by atoms with E-state index in [1.165, 1.54) is 10.7 Å². The summed E-state index contributed by atoms with van der Waals surface area (Å²) < 4.78 is 6.79. The first-order valence-corrected chi connectivity index (χ1v) is 8.92. The Bertz CT molecular complexity index is 974. The van der Waals surface area contributed by atoms with Crippen LogP contribution in [-0.2, 0) is 0 Å². The molecule has 138 valence electrons. The number of pyridine rings is 1. The number of amides is 1. The summed E-state index contributed by atoms with van der Waals surface area (Å²) in [5, 5.41) is 11.0. The number of nitrogens with zero attached hydrogens (tertiary/aromatic N) is 4. The molecule has 3 heterocycles. The fraction of sp³-hybridized carbons (Fsp3) is 0.316. The third-order valence-electron chi connectivity index (χ3n) is 4.81. The van der Waals surface area contributed by atoms with Crippen LogP contribution in [0.15, 0.2) is 58.2 Å². The largest absolute Gasteiger partial charge is 0.355 e. The Hall–Kier alpha value is -3.29. The molecule has 1 saturated carbocycles. The topological polar surface area (TPSA) is 103 Å². The first kappa shape index (κ1) is 17.1. The average molecular weight is 365 g/mol. The van der Waals surface area contributed by atoms with E-state index >= 15 is 0 Å². The zero-order valence-electron chi connectivity index (χ0n) is 14.6. The van der Waals surface area contributed by atoms with Gasteiger partial charge in [-0.15, -0.1) is 0 Å². The fourth-order valence-electron chi connectivity index (χ4n) is 3.39. The van der Waals surface area contributed by atoms with Crippen LogP contribution in [-0.4, -0.2) is 31.9 Å². The highest BCUT2D eigenvalue weighted by Gasteiger charge is 2.25. The van der Waals surface area contributed by atoms with E-state index < -0.39 is 0 Å². The molecule has 4 rings (SSSR count). The average Bonchev–Trinajstić information content (AvgIpc) is 3.20. The molecule has 0 unspecified atom stereocenters. The summed E-state index contributed by atoms with van der Waals surface area (Å²) in [4.78, 5) is 28.4. The van der Waals surface area contributed by atoms with E-state index in [1.54, 1.807) is 36.8 Å². The Labute approximate surface area is 155 Å². The molecule has 0 saturated heterocycles. The molecular weight excluding hydrogens is 346 g/mol. The van der Waals surface area contributed by atoms with Gasteiger partial charge in [-0.3, -0.25) is 14.6 Å². The first-order chi connectivity index (χ1) is 13.2. The molecule has 0 bridgehead atoms. The highest BCUT2D eigenvalue weighted by molar-refractivity contribution is 5.93. The molecule has 8 heteroatoms. The van der Waals surface area contributed by atoms with Crippen molar-refractivity contribution in [3.05, 3.63) is 65.0 Å². The minimum absolute atomic E-state index is 0.0479. The van der Waals surface area contributed by atoms with E-state index in [2.05, 4.69) is 20.6 Å². The molecule has 3 aromatic rings. The summed E-state index contributed by atoms with van der Waals surface area (Å²) in [6.07, 6.45) is 8.11. The van der Waals surface area contributed by atoms with Gasteiger partial charge in [-0.05, 0) is 43.9 Å². The Kier molecular flexibility index (Phi) is 4.78. The summed E-state index contributed by atoms with van der Waals surface area (Å²) in [5.41, 5.74) is 0.929. The minimum Gasteiger partial charge on any atom is -0.355 e. The van der Waals surface area contributed by atoms with E-state index in [0.29, 0.717) is 5.76 Å². The van der Waals surface area contributed by atoms with Crippen LogP contribution < -0.4 is 10.9 Å². The fourth-order valence-corrected chi connectivity index (χ4v) is 3.39. The number of carbonyl (C=O) groups is 1. The lowest BCUT2D eigenvalue weighted by Gasteiger charge is -2.29. The molecule has 3 aromatic heterocycles. The van der Waals surface area contributed by atoms with Crippen LogP contribution in [0.4, 0.5) is 0 Å². The first-order valence-electron chi connectivity index (χ1n) is 8.92. The molecule has 1 fully saturated rings. The predicted octanol–water partition coefficient (Wildman–Crippen LogP) is 2.21. The number of carbonyl (C=O) groups excluding carboxylic acids is 1. The Morgan fingerprint density at radius 3 is 2.70 bits per heavy atom. The van der Waals surface area contributed by atoms with Crippen molar-refractivity contribution < 1.29 is 9.32 Å². The van der Waals surface area contributed by atoms with Crippen molar-refractivity contribution in [3.63, 3.8) is 0 Å². The Morgan fingerprint density at radius 2 is 1.96 bits per heavy atom. The zero-order valence-corrected chi connectivity index (χ0v) is 14.6. The third-order valence-corrected chi connectivity index (χ3v) is 4.81. The van der Waals surface area contributed by atoms with Crippen molar-refractivity contribution in [3.8, 4) is 11.3 Å². The molecule has 1 N–H and O–H groups in total. The van der Waals surface area contributed by atoms with Crippen LogP contribution in [0, 0.1) is 0 Å². The normalized spacial score (nSPS) is 19.6. The second-order valence-corrected chi connectivity index (χ2v) is 6.60. The zero-order chi connectivity index (χ0) is 18.6. The number of hydrogen-bond donors (Lipinski definition) is 1. The van der Waals surface area contributed by atoms with Crippen molar-refractivity contribution in [1.29, 1.82) is 0 Å². The summed E-state index contributed by atoms with van der Waals surface area (Å²) >= 11 is 0. The van der Waals surface area contributed by atoms with Crippen LogP contribution in [0.25, 0.3) is 11.3 Å². The Balaban J connectivity index is 1.35. The van der Waals surface area contributed by atoms with Crippen molar-refractivity contribution in [1.82, 2.24) is 25.2 Å². The standard InChI is InChI=1S/C19H19N5O3/c25-18-4-2-10-21-24(18)15-7-5-14(6-8-15)22-19(26)16-11-17(27-23-16)13-3-1-9-20-12-13/h1-4,9-12,14-15H,5-8H2,(H,22,26). The SMILES string of the molecule is O=C(NC1CCC(n2ncccc2=O)CC1)c1cc(-c2cccnc2)on1. The van der Waals surface area contributed by atoms with Crippen molar-refractivity contribution >= 4 is 5.91 Å². The van der Waals surface area contributed by atoms with Crippen molar-refractivity contribution in [2.75, 3.05) is 0 Å². The van der Waals surface area contributed by atoms with Gasteiger partial charge >= 0.3 is 0 Å². The predicted molar refractivity (Wildman–Crippen MR) is 97.0 cm³/mol. The van der Waals surface area contributed by atoms with E-state index in [9.17, 15) is 9.59 Å². The summed E-state index contributed by atoms with van der Waals surface area (Å²) in [7, 11) is 0. The van der Waals surface area contributed by atoms with E-state index in [4.69, 9.17) is 4.52 Å². The number of aromatic nitrogens is 4. The van der Waals surface area contributed by atoms with E-state index in [-0.39, 0.29) is 29.2 Å². The molecule has 0 aromatic carbocycles. The third kappa shape index (κ3) is 3.79. The number of rotatable bonds is 4. The van der Waals surface area contributed by atoms with Gasteiger partial charge in [0.2, 0.25) is 0 Å².